The lowest BCUT2D eigenvalue weighted by Crippen LogP contribution is -2.28. The van der Waals surface area contributed by atoms with Gasteiger partial charge >= 0.3 is 0 Å². The molecule has 0 fully saturated rings. The van der Waals surface area contributed by atoms with Gasteiger partial charge in [-0.15, -0.1) is 0 Å². The number of hydrogen-bond donors (Lipinski definition) is 1. The van der Waals surface area contributed by atoms with E-state index in [0.717, 1.165) is 34.3 Å². The van der Waals surface area contributed by atoms with Gasteiger partial charge in [-0.1, -0.05) is 55.5 Å². The Morgan fingerprint density at radius 2 is 1.83 bits per heavy atom. The molecule has 0 bridgehead atoms. The first kappa shape index (κ1) is 19.7. The Morgan fingerprint density at radius 1 is 1.07 bits per heavy atom. The second-order valence-corrected chi connectivity index (χ2v) is 7.23. The predicted molar refractivity (Wildman–Crippen MR) is 119 cm³/mol. The Hall–Kier alpha value is -3.60. The normalized spacial score (nSPS) is 11.9. The summed E-state index contributed by atoms with van der Waals surface area (Å²) in [7, 11) is 1.68. The maximum atomic E-state index is 12.9. The van der Waals surface area contributed by atoms with Gasteiger partial charge in [0.15, 0.2) is 0 Å². The van der Waals surface area contributed by atoms with E-state index in [1.807, 2.05) is 72.8 Å². The molecule has 3 aromatic carbocycles. The van der Waals surface area contributed by atoms with E-state index in [1.165, 1.54) is 0 Å². The summed E-state index contributed by atoms with van der Waals surface area (Å²) in [6.45, 7) is 2.72. The molecule has 4 aromatic rings. The number of imidazole rings is 1. The van der Waals surface area contributed by atoms with Crippen LogP contribution >= 0.6 is 0 Å². The van der Waals surface area contributed by atoms with Gasteiger partial charge < -0.3 is 14.6 Å². The molecular weight excluding hydrogens is 374 g/mol. The average Bonchev–Trinajstić information content (AvgIpc) is 3.20. The molecule has 0 aliphatic carbocycles. The van der Waals surface area contributed by atoms with Gasteiger partial charge in [0.2, 0.25) is 0 Å². The molecule has 0 aliphatic heterocycles. The van der Waals surface area contributed by atoms with Gasteiger partial charge in [0.05, 0.1) is 37.1 Å². The highest BCUT2D eigenvalue weighted by molar-refractivity contribution is 5.97. The number of carbonyl (C=O) groups is 1. The van der Waals surface area contributed by atoms with Gasteiger partial charge in [0.1, 0.15) is 5.75 Å². The summed E-state index contributed by atoms with van der Waals surface area (Å²) in [5.74, 6) is 0.758. The first-order chi connectivity index (χ1) is 14.7. The fraction of sp³-hybridized carbons (Fsp3) is 0.200. The molecule has 5 heteroatoms. The molecule has 1 aromatic heterocycles. The lowest BCUT2D eigenvalue weighted by atomic mass is 10.0. The Kier molecular flexibility index (Phi) is 5.80. The van der Waals surface area contributed by atoms with E-state index in [2.05, 4.69) is 21.8 Å². The third-order valence-corrected chi connectivity index (χ3v) is 5.33. The Morgan fingerprint density at radius 3 is 2.60 bits per heavy atom. The number of methoxy groups -OCH3 is 1. The minimum absolute atomic E-state index is 0.0162. The zero-order valence-corrected chi connectivity index (χ0v) is 17.2. The smallest absolute Gasteiger partial charge is 0.251 e. The summed E-state index contributed by atoms with van der Waals surface area (Å²) in [6, 6.07) is 23.6. The van der Waals surface area contributed by atoms with Gasteiger partial charge in [0.25, 0.3) is 5.91 Å². The largest absolute Gasteiger partial charge is 0.496 e. The molecule has 1 atom stereocenters. The minimum atomic E-state index is -0.0909. The lowest BCUT2D eigenvalue weighted by molar-refractivity contribution is 0.0935. The van der Waals surface area contributed by atoms with Crippen LogP contribution < -0.4 is 10.1 Å². The van der Waals surface area contributed by atoms with Crippen LogP contribution in [0.2, 0.25) is 0 Å². The SMILES string of the molecule is CC[C@@H](NC(=O)c1ccc2c(c1)ncn2Cc1ccccc1OC)c1ccccc1. The van der Waals surface area contributed by atoms with Crippen LogP contribution in [0.25, 0.3) is 11.0 Å². The number of nitrogens with one attached hydrogen (secondary N) is 1. The number of carbonyl (C=O) groups excluding carboxylic acids is 1. The molecule has 0 spiro atoms. The van der Waals surface area contributed by atoms with Crippen molar-refractivity contribution in [2.75, 3.05) is 7.11 Å². The number of amides is 1. The van der Waals surface area contributed by atoms with Crippen molar-refractivity contribution >= 4 is 16.9 Å². The monoisotopic (exact) mass is 399 g/mol. The van der Waals surface area contributed by atoms with Crippen molar-refractivity contribution in [3.8, 4) is 5.75 Å². The quantitative estimate of drug-likeness (QED) is 0.477. The maximum absolute atomic E-state index is 12.9. The van der Waals surface area contributed by atoms with Crippen LogP contribution in [-0.4, -0.2) is 22.6 Å². The van der Waals surface area contributed by atoms with E-state index >= 15 is 0 Å². The molecule has 1 heterocycles. The van der Waals surface area contributed by atoms with Gasteiger partial charge in [-0.3, -0.25) is 4.79 Å². The third-order valence-electron chi connectivity index (χ3n) is 5.33. The summed E-state index contributed by atoms with van der Waals surface area (Å²) in [5, 5.41) is 3.14. The zero-order chi connectivity index (χ0) is 20.9. The third kappa shape index (κ3) is 4.06. The van der Waals surface area contributed by atoms with Crippen LogP contribution in [0.1, 0.15) is 40.9 Å². The van der Waals surface area contributed by atoms with Crippen LogP contribution in [0.3, 0.4) is 0 Å². The molecule has 0 saturated heterocycles. The highest BCUT2D eigenvalue weighted by Gasteiger charge is 2.15. The van der Waals surface area contributed by atoms with E-state index < -0.39 is 0 Å². The number of rotatable bonds is 7. The molecule has 4 rings (SSSR count). The Labute approximate surface area is 176 Å². The maximum Gasteiger partial charge on any atom is 0.251 e. The van der Waals surface area contributed by atoms with E-state index in [1.54, 1.807) is 13.4 Å². The van der Waals surface area contributed by atoms with E-state index in [-0.39, 0.29) is 11.9 Å². The van der Waals surface area contributed by atoms with Crippen molar-refractivity contribution in [3.05, 3.63) is 95.8 Å². The molecule has 5 nitrogen and oxygen atoms in total. The molecular formula is C25H25N3O2. The van der Waals surface area contributed by atoms with E-state index in [9.17, 15) is 4.79 Å². The van der Waals surface area contributed by atoms with E-state index in [0.29, 0.717) is 12.1 Å². The summed E-state index contributed by atoms with van der Waals surface area (Å²) in [5.41, 5.74) is 4.57. The second kappa shape index (κ2) is 8.82. The van der Waals surface area contributed by atoms with Crippen LogP contribution in [-0.2, 0) is 6.54 Å². The van der Waals surface area contributed by atoms with Crippen molar-refractivity contribution in [3.63, 3.8) is 0 Å². The van der Waals surface area contributed by atoms with E-state index in [4.69, 9.17) is 4.74 Å². The summed E-state index contributed by atoms with van der Waals surface area (Å²) in [4.78, 5) is 17.4. The minimum Gasteiger partial charge on any atom is -0.496 e. The number of benzene rings is 3. The van der Waals surface area contributed by atoms with Crippen LogP contribution in [0.4, 0.5) is 0 Å². The van der Waals surface area contributed by atoms with Crippen molar-refractivity contribution in [1.82, 2.24) is 14.9 Å². The highest BCUT2D eigenvalue weighted by atomic mass is 16.5. The number of hydrogen-bond acceptors (Lipinski definition) is 3. The number of aromatic nitrogens is 2. The highest BCUT2D eigenvalue weighted by Crippen LogP contribution is 2.22. The summed E-state index contributed by atoms with van der Waals surface area (Å²) in [6.07, 6.45) is 2.63. The van der Waals surface area contributed by atoms with Gasteiger partial charge in [-0.05, 0) is 36.2 Å². The standard InChI is InChI=1S/C25H25N3O2/c1-3-21(18-9-5-4-6-10-18)27-25(29)19-13-14-23-22(15-19)26-17-28(23)16-20-11-7-8-12-24(20)30-2/h4-15,17,21H,3,16H2,1-2H3,(H,27,29)/t21-/m1/s1. The lowest BCUT2D eigenvalue weighted by Gasteiger charge is -2.17. The fourth-order valence-electron chi connectivity index (χ4n) is 3.70. The van der Waals surface area contributed by atoms with Gasteiger partial charge in [-0.25, -0.2) is 4.98 Å². The molecule has 30 heavy (non-hydrogen) atoms. The Balaban J connectivity index is 1.55. The van der Waals surface area contributed by atoms with Crippen LogP contribution in [0, 0.1) is 0 Å². The molecule has 0 aliphatic rings. The van der Waals surface area contributed by atoms with Crippen molar-refractivity contribution < 1.29 is 9.53 Å². The summed E-state index contributed by atoms with van der Waals surface area (Å²) >= 11 is 0. The second-order valence-electron chi connectivity index (χ2n) is 7.23. The molecule has 1 amide bonds. The number of ether oxygens (including phenoxy) is 1. The number of fused-ring (bicyclic) bond motifs is 1. The van der Waals surface area contributed by atoms with Crippen molar-refractivity contribution in [2.24, 2.45) is 0 Å². The van der Waals surface area contributed by atoms with Crippen molar-refractivity contribution in [1.29, 1.82) is 0 Å². The number of para-hydroxylation sites is 1. The topological polar surface area (TPSA) is 56.2 Å². The zero-order valence-electron chi connectivity index (χ0n) is 17.2. The molecule has 0 radical (unpaired) electrons. The number of nitrogens with zero attached hydrogens (tertiary/aromatic N) is 2. The fourth-order valence-corrected chi connectivity index (χ4v) is 3.70. The predicted octanol–water partition coefficient (Wildman–Crippen LogP) is 4.97. The first-order valence-electron chi connectivity index (χ1n) is 10.1. The van der Waals surface area contributed by atoms with Crippen LogP contribution in [0.5, 0.6) is 5.75 Å². The Bertz CT molecular complexity index is 1150. The molecule has 0 unspecified atom stereocenters. The summed E-state index contributed by atoms with van der Waals surface area (Å²) < 4.78 is 7.52. The van der Waals surface area contributed by atoms with Gasteiger partial charge in [-0.2, -0.15) is 0 Å². The molecule has 1 N–H and O–H groups in total. The molecule has 152 valence electrons. The first-order valence-corrected chi connectivity index (χ1v) is 10.1. The molecule has 0 saturated carbocycles. The van der Waals surface area contributed by atoms with Crippen LogP contribution in [0.15, 0.2) is 79.1 Å². The van der Waals surface area contributed by atoms with Gasteiger partial charge in [0, 0.05) is 11.1 Å². The average molecular weight is 399 g/mol. The van der Waals surface area contributed by atoms with Crippen molar-refractivity contribution in [2.45, 2.75) is 25.9 Å².